The zero-order valence-electron chi connectivity index (χ0n) is 4.71. The molecular weight excluding hydrogens is 118 g/mol. The van der Waals surface area contributed by atoms with Gasteiger partial charge in [0, 0.05) is 5.25 Å². The first-order chi connectivity index (χ1) is 3.97. The lowest BCUT2D eigenvalue weighted by atomic mass is 10.3. The minimum atomic E-state index is 0.708. The summed E-state index contributed by atoms with van der Waals surface area (Å²) in [5.74, 6) is 0. The van der Waals surface area contributed by atoms with Crippen LogP contribution in [0.3, 0.4) is 0 Å². The SMILES string of the molecule is C1=NC2CCCC2S1. The normalized spacial score (nSPS) is 43.0. The van der Waals surface area contributed by atoms with Gasteiger partial charge in [0.1, 0.15) is 0 Å². The van der Waals surface area contributed by atoms with Crippen molar-refractivity contribution in [2.45, 2.75) is 30.6 Å². The summed E-state index contributed by atoms with van der Waals surface area (Å²) >= 11 is 1.92. The fraction of sp³-hybridized carbons (Fsp3) is 0.833. The molecule has 1 nitrogen and oxygen atoms in total. The van der Waals surface area contributed by atoms with Crippen LogP contribution in [0, 0.1) is 0 Å². The summed E-state index contributed by atoms with van der Waals surface area (Å²) in [6.45, 7) is 0. The van der Waals surface area contributed by atoms with Gasteiger partial charge in [0.25, 0.3) is 0 Å². The van der Waals surface area contributed by atoms with Crippen LogP contribution in [-0.4, -0.2) is 16.8 Å². The first kappa shape index (κ1) is 4.86. The van der Waals surface area contributed by atoms with Crippen LogP contribution in [0.5, 0.6) is 0 Å². The van der Waals surface area contributed by atoms with E-state index in [0.29, 0.717) is 6.04 Å². The highest BCUT2D eigenvalue weighted by Gasteiger charge is 2.29. The number of hydrogen-bond donors (Lipinski definition) is 0. The summed E-state index contributed by atoms with van der Waals surface area (Å²) in [4.78, 5) is 4.34. The lowest BCUT2D eigenvalue weighted by molar-refractivity contribution is 0.733. The summed E-state index contributed by atoms with van der Waals surface area (Å²) in [6.07, 6.45) is 4.14. The van der Waals surface area contributed by atoms with E-state index in [9.17, 15) is 0 Å². The van der Waals surface area contributed by atoms with Gasteiger partial charge in [-0.25, -0.2) is 0 Å². The van der Waals surface area contributed by atoms with Gasteiger partial charge in [-0.3, -0.25) is 4.99 Å². The number of thioether (sulfide) groups is 1. The van der Waals surface area contributed by atoms with Crippen molar-refractivity contribution in [3.8, 4) is 0 Å². The molecule has 0 aromatic heterocycles. The van der Waals surface area contributed by atoms with Crippen molar-refractivity contribution in [3.05, 3.63) is 0 Å². The van der Waals surface area contributed by atoms with E-state index < -0.39 is 0 Å². The summed E-state index contributed by atoms with van der Waals surface area (Å²) in [5, 5.41) is 0.870. The van der Waals surface area contributed by atoms with Crippen LogP contribution in [0.25, 0.3) is 0 Å². The molecule has 0 N–H and O–H groups in total. The molecule has 2 aliphatic rings. The Labute approximate surface area is 53.6 Å². The van der Waals surface area contributed by atoms with Crippen molar-refractivity contribution in [2.75, 3.05) is 0 Å². The minimum absolute atomic E-state index is 0.708. The van der Waals surface area contributed by atoms with Crippen molar-refractivity contribution in [1.29, 1.82) is 0 Å². The Kier molecular flexibility index (Phi) is 1.07. The highest BCUT2D eigenvalue weighted by atomic mass is 32.2. The smallest absolute Gasteiger partial charge is 0.0628 e. The fourth-order valence-electron chi connectivity index (χ4n) is 1.43. The molecule has 8 heavy (non-hydrogen) atoms. The lowest BCUT2D eigenvalue weighted by Gasteiger charge is -2.01. The zero-order chi connectivity index (χ0) is 5.40. The van der Waals surface area contributed by atoms with Crippen molar-refractivity contribution in [3.63, 3.8) is 0 Å². The maximum Gasteiger partial charge on any atom is 0.0628 e. The molecule has 2 unspecified atom stereocenters. The largest absolute Gasteiger partial charge is 0.282 e. The number of hydrogen-bond acceptors (Lipinski definition) is 2. The molecule has 0 spiro atoms. The van der Waals surface area contributed by atoms with Crippen molar-refractivity contribution >= 4 is 17.3 Å². The number of fused-ring (bicyclic) bond motifs is 1. The molecule has 0 aromatic carbocycles. The molecule has 1 saturated carbocycles. The Balaban J connectivity index is 2.13. The second kappa shape index (κ2) is 1.76. The van der Waals surface area contributed by atoms with Gasteiger partial charge in [-0.05, 0) is 12.8 Å². The van der Waals surface area contributed by atoms with E-state index in [2.05, 4.69) is 4.99 Å². The van der Waals surface area contributed by atoms with Crippen LogP contribution >= 0.6 is 11.8 Å². The number of aliphatic imine (C=N–C) groups is 1. The van der Waals surface area contributed by atoms with Crippen LogP contribution in [0.2, 0.25) is 0 Å². The van der Waals surface area contributed by atoms with E-state index in [1.54, 1.807) is 0 Å². The molecule has 2 rings (SSSR count). The van der Waals surface area contributed by atoms with Crippen molar-refractivity contribution in [2.24, 2.45) is 4.99 Å². The molecule has 1 aliphatic heterocycles. The Bertz CT molecular complexity index is 122. The predicted molar refractivity (Wildman–Crippen MR) is 37.5 cm³/mol. The van der Waals surface area contributed by atoms with Gasteiger partial charge in [-0.15, -0.1) is 11.8 Å². The van der Waals surface area contributed by atoms with Crippen LogP contribution in [0.15, 0.2) is 4.99 Å². The molecule has 2 heteroatoms. The van der Waals surface area contributed by atoms with Crippen molar-refractivity contribution in [1.82, 2.24) is 0 Å². The monoisotopic (exact) mass is 127 g/mol. The molecule has 1 aliphatic carbocycles. The second-order valence-corrected chi connectivity index (χ2v) is 3.52. The molecule has 1 heterocycles. The van der Waals surface area contributed by atoms with Gasteiger partial charge < -0.3 is 0 Å². The summed E-state index contributed by atoms with van der Waals surface area (Å²) in [5.41, 5.74) is 2.02. The van der Waals surface area contributed by atoms with Gasteiger partial charge in [0.05, 0.1) is 11.6 Å². The van der Waals surface area contributed by atoms with Crippen LogP contribution in [-0.2, 0) is 0 Å². The predicted octanol–water partition coefficient (Wildman–Crippen LogP) is 1.68. The molecule has 0 bridgehead atoms. The Morgan fingerprint density at radius 1 is 1.50 bits per heavy atom. The van der Waals surface area contributed by atoms with E-state index in [-0.39, 0.29) is 0 Å². The lowest BCUT2D eigenvalue weighted by Crippen LogP contribution is -2.06. The molecular formula is C6H9NS. The van der Waals surface area contributed by atoms with E-state index >= 15 is 0 Å². The summed E-state index contributed by atoms with van der Waals surface area (Å²) < 4.78 is 0. The molecule has 44 valence electrons. The highest BCUT2D eigenvalue weighted by molar-refractivity contribution is 8.12. The van der Waals surface area contributed by atoms with Crippen LogP contribution in [0.4, 0.5) is 0 Å². The fourth-order valence-corrected chi connectivity index (χ4v) is 2.50. The number of nitrogens with zero attached hydrogens (tertiary/aromatic N) is 1. The quantitative estimate of drug-likeness (QED) is 0.482. The molecule has 0 radical (unpaired) electrons. The Morgan fingerprint density at radius 2 is 2.50 bits per heavy atom. The average Bonchev–Trinajstić information content (AvgIpc) is 2.15. The molecule has 0 amide bonds. The minimum Gasteiger partial charge on any atom is -0.282 e. The van der Waals surface area contributed by atoms with E-state index in [1.807, 2.05) is 17.3 Å². The van der Waals surface area contributed by atoms with Gasteiger partial charge in [0.2, 0.25) is 0 Å². The highest BCUT2D eigenvalue weighted by Crippen LogP contribution is 2.35. The second-order valence-electron chi connectivity index (χ2n) is 2.43. The van der Waals surface area contributed by atoms with Gasteiger partial charge in [-0.2, -0.15) is 0 Å². The maximum atomic E-state index is 4.34. The van der Waals surface area contributed by atoms with Gasteiger partial charge in [-0.1, -0.05) is 6.42 Å². The van der Waals surface area contributed by atoms with Gasteiger partial charge in [0.15, 0.2) is 0 Å². The zero-order valence-corrected chi connectivity index (χ0v) is 5.53. The molecule has 2 atom stereocenters. The standard InChI is InChI=1S/C6H9NS/c1-2-5-6(3-1)8-4-7-5/h4-6H,1-3H2. The Morgan fingerprint density at radius 3 is 3.38 bits per heavy atom. The third kappa shape index (κ3) is 0.591. The van der Waals surface area contributed by atoms with Crippen molar-refractivity contribution < 1.29 is 0 Å². The third-order valence-corrected chi connectivity index (χ3v) is 3.05. The molecule has 0 saturated heterocycles. The first-order valence-corrected chi connectivity index (χ1v) is 4.08. The third-order valence-electron chi connectivity index (χ3n) is 1.91. The molecule has 1 fully saturated rings. The molecule has 0 aromatic rings. The Hall–Kier alpha value is 0.0200. The summed E-state index contributed by atoms with van der Waals surface area (Å²) in [6, 6.07) is 0.708. The average molecular weight is 127 g/mol. The first-order valence-electron chi connectivity index (χ1n) is 3.14. The van der Waals surface area contributed by atoms with Crippen LogP contribution in [0.1, 0.15) is 19.3 Å². The topological polar surface area (TPSA) is 12.4 Å². The number of rotatable bonds is 0. The van der Waals surface area contributed by atoms with E-state index in [1.165, 1.54) is 19.3 Å². The van der Waals surface area contributed by atoms with E-state index in [0.717, 1.165) is 5.25 Å². The maximum absolute atomic E-state index is 4.34. The summed E-state index contributed by atoms with van der Waals surface area (Å²) in [7, 11) is 0. The van der Waals surface area contributed by atoms with Gasteiger partial charge >= 0.3 is 0 Å². The van der Waals surface area contributed by atoms with E-state index in [4.69, 9.17) is 0 Å². The van der Waals surface area contributed by atoms with Crippen LogP contribution < -0.4 is 0 Å².